The number of anilines is 2. The molecule has 1 fully saturated rings. The van der Waals surface area contributed by atoms with E-state index < -0.39 is 29.3 Å². The first-order valence-corrected chi connectivity index (χ1v) is 13.8. The van der Waals surface area contributed by atoms with Crippen LogP contribution in [0.5, 0.6) is 11.5 Å². The van der Waals surface area contributed by atoms with Gasteiger partial charge in [-0.05, 0) is 55.6 Å². The van der Waals surface area contributed by atoms with Gasteiger partial charge in [-0.15, -0.1) is 0 Å². The second-order valence-electron chi connectivity index (χ2n) is 9.88. The van der Waals surface area contributed by atoms with E-state index in [9.17, 15) is 26.7 Å². The molecule has 2 aliphatic rings. The maximum Gasteiger partial charge on any atom is 0.475 e. The largest absolute Gasteiger partial charge is 0.495 e. The topological polar surface area (TPSA) is 79.3 Å². The predicted molar refractivity (Wildman–Crippen MR) is 150 cm³/mol. The summed E-state index contributed by atoms with van der Waals surface area (Å²) in [4.78, 5) is 13.6. The predicted octanol–water partition coefficient (Wildman–Crippen LogP) is 4.90. The number of amides is 1. The molecule has 2 aromatic heterocycles. The second-order valence-corrected chi connectivity index (χ2v) is 11.0. The van der Waals surface area contributed by atoms with Gasteiger partial charge in [-0.3, -0.25) is 9.20 Å². The van der Waals surface area contributed by atoms with E-state index in [1.807, 2.05) is 11.9 Å². The van der Waals surface area contributed by atoms with Crippen LogP contribution in [0.3, 0.4) is 0 Å². The van der Waals surface area contributed by atoms with Crippen LogP contribution >= 0.6 is 11.8 Å². The Morgan fingerprint density at radius 1 is 1.24 bits per heavy atom. The highest BCUT2D eigenvalue weighted by atomic mass is 32.2. The first-order valence-electron chi connectivity index (χ1n) is 13.0. The molecule has 3 aromatic rings. The van der Waals surface area contributed by atoms with Gasteiger partial charge in [0.2, 0.25) is 0 Å². The number of hydrogen-bond acceptors (Lipinski definition) is 7. The molecule has 4 heterocycles. The molecule has 0 bridgehead atoms. The molecule has 2 aliphatic heterocycles. The van der Waals surface area contributed by atoms with E-state index in [2.05, 4.69) is 32.5 Å². The van der Waals surface area contributed by atoms with Crippen molar-refractivity contribution in [2.75, 3.05) is 51.5 Å². The molecule has 0 unspecified atom stereocenters. The van der Waals surface area contributed by atoms with E-state index in [0.29, 0.717) is 35.8 Å². The number of carbonyl (C=O) groups excluding carboxylic acids is 1. The molecule has 5 rings (SSSR count). The van der Waals surface area contributed by atoms with E-state index in [4.69, 9.17) is 4.74 Å². The van der Waals surface area contributed by atoms with E-state index >= 15 is 0 Å². The molecule has 14 heteroatoms. The molecule has 0 spiro atoms. The van der Waals surface area contributed by atoms with Crippen molar-refractivity contribution >= 4 is 34.7 Å². The highest BCUT2D eigenvalue weighted by Gasteiger charge is 2.62. The third kappa shape index (κ3) is 5.63. The van der Waals surface area contributed by atoms with Gasteiger partial charge in [-0.25, -0.2) is 4.39 Å². The third-order valence-corrected chi connectivity index (χ3v) is 8.12. The van der Waals surface area contributed by atoms with Crippen molar-refractivity contribution in [2.24, 2.45) is 0 Å². The van der Waals surface area contributed by atoms with Gasteiger partial charge < -0.3 is 30.3 Å². The highest BCUT2D eigenvalue weighted by molar-refractivity contribution is 8.00. The van der Waals surface area contributed by atoms with Crippen LogP contribution in [0.2, 0.25) is 0 Å². The number of rotatable bonds is 6. The Morgan fingerprint density at radius 2 is 2.02 bits per heavy atom. The Labute approximate surface area is 242 Å². The van der Waals surface area contributed by atoms with Crippen LogP contribution in [0.25, 0.3) is 5.52 Å². The van der Waals surface area contributed by atoms with Crippen molar-refractivity contribution in [1.29, 1.82) is 0 Å². The van der Waals surface area contributed by atoms with E-state index in [-0.39, 0.29) is 46.7 Å². The fourth-order valence-corrected chi connectivity index (χ4v) is 5.74. The van der Waals surface area contributed by atoms with Gasteiger partial charge in [0.05, 0.1) is 35.8 Å². The van der Waals surface area contributed by atoms with Gasteiger partial charge in [0, 0.05) is 31.9 Å². The van der Waals surface area contributed by atoms with Crippen LogP contribution < -0.4 is 25.4 Å². The van der Waals surface area contributed by atoms with Crippen molar-refractivity contribution in [3.05, 3.63) is 47.7 Å². The summed E-state index contributed by atoms with van der Waals surface area (Å²) >= 11 is -0.328. The zero-order valence-corrected chi connectivity index (χ0v) is 23.7. The Kier molecular flexibility index (Phi) is 8.08. The zero-order valence-electron chi connectivity index (χ0n) is 22.9. The minimum atomic E-state index is -4.78. The number of piperidine rings is 1. The number of methoxy groups -OCH3 is 1. The molecule has 0 radical (unpaired) electrons. The molecule has 0 aliphatic carbocycles. The summed E-state index contributed by atoms with van der Waals surface area (Å²) in [5, 5.41) is 4.08. The quantitative estimate of drug-likeness (QED) is 0.271. The van der Waals surface area contributed by atoms with Gasteiger partial charge >= 0.3 is 11.4 Å². The lowest BCUT2D eigenvalue weighted by atomic mass is 10.0. The normalized spacial score (nSPS) is 21.0. The lowest BCUT2D eigenvalue weighted by Gasteiger charge is -2.33. The number of thioether (sulfide) groups is 1. The number of nitrogens with zero attached hydrogens (tertiary/aromatic N) is 2. The maximum atomic E-state index is 14.8. The summed E-state index contributed by atoms with van der Waals surface area (Å²) in [5.41, 5.74) is 0.966. The number of hydrogen-bond donors (Lipinski definition) is 3. The molecule has 2 atom stereocenters. The fourth-order valence-electron chi connectivity index (χ4n) is 4.81. The number of likely N-dealkylation sites (tertiary alicyclic amines) is 1. The molecule has 1 aromatic carbocycles. The minimum Gasteiger partial charge on any atom is -0.495 e. The first-order chi connectivity index (χ1) is 19.9. The molecule has 8 nitrogen and oxygen atoms in total. The lowest BCUT2D eigenvalue weighted by molar-refractivity contribution is -0.268. The number of nitrogens with one attached hydrogen (secondary N) is 3. The minimum absolute atomic E-state index is 0.0195. The average molecular weight is 610 g/mol. The average Bonchev–Trinajstić information content (AvgIpc) is 3.27. The molecule has 42 heavy (non-hydrogen) atoms. The summed E-state index contributed by atoms with van der Waals surface area (Å²) in [6.07, 6.45) is -4.05. The molecular weight excluding hydrogens is 581 g/mol. The lowest BCUT2D eigenvalue weighted by Crippen LogP contribution is -2.46. The van der Waals surface area contributed by atoms with Crippen molar-refractivity contribution < 1.29 is 36.2 Å². The Balaban J connectivity index is 1.47. The second kappa shape index (κ2) is 11.4. The van der Waals surface area contributed by atoms with Crippen LogP contribution in [-0.4, -0.2) is 79.6 Å². The Hall–Kier alpha value is -3.83. The van der Waals surface area contributed by atoms with Crippen molar-refractivity contribution in [3.8, 4) is 23.3 Å². The number of ether oxygens (including phenoxy) is 2. The molecule has 1 amide bonds. The van der Waals surface area contributed by atoms with Gasteiger partial charge in [0.15, 0.2) is 5.75 Å². The summed E-state index contributed by atoms with van der Waals surface area (Å²) < 4.78 is 84.2. The van der Waals surface area contributed by atoms with Crippen molar-refractivity contribution in [3.63, 3.8) is 0 Å². The molecule has 3 N–H and O–H groups in total. The summed E-state index contributed by atoms with van der Waals surface area (Å²) in [5.74, 6) is 5.60. The zero-order chi connectivity index (χ0) is 30.2. The van der Waals surface area contributed by atoms with Crippen LogP contribution in [0.4, 0.5) is 33.5 Å². The number of aromatic nitrogens is 1. The van der Waals surface area contributed by atoms with Crippen LogP contribution in [-0.2, 0) is 0 Å². The maximum absolute atomic E-state index is 14.8. The van der Waals surface area contributed by atoms with Crippen molar-refractivity contribution in [2.45, 2.75) is 34.9 Å². The van der Waals surface area contributed by atoms with E-state index in [1.54, 1.807) is 18.2 Å². The SMILES string of the molecule is CNC(=O)c1ccc(NCC#Cc2cn3c(N[C@@H]4CCN(C)C[C@@H]4F)ccc4c3c2SC(F)(F)C(F)(F)O4)c(OC)c1. The molecule has 1 saturated heterocycles. The Bertz CT molecular complexity index is 1570. The van der Waals surface area contributed by atoms with Gasteiger partial charge in [-0.1, -0.05) is 11.8 Å². The van der Waals surface area contributed by atoms with Gasteiger partial charge in [-0.2, -0.15) is 17.6 Å². The van der Waals surface area contributed by atoms with Gasteiger partial charge in [0.25, 0.3) is 5.91 Å². The summed E-state index contributed by atoms with van der Waals surface area (Å²) in [6, 6.07) is 6.77. The number of alkyl halides is 5. The van der Waals surface area contributed by atoms with Crippen LogP contribution in [0.15, 0.2) is 41.4 Å². The Morgan fingerprint density at radius 3 is 2.74 bits per heavy atom. The fraction of sp³-hybridized carbons (Fsp3) is 0.393. The van der Waals surface area contributed by atoms with E-state index in [1.165, 1.54) is 36.9 Å². The number of pyridine rings is 1. The number of carbonyl (C=O) groups is 1. The number of benzene rings is 1. The third-order valence-electron chi connectivity index (χ3n) is 7.01. The molecular formula is C28H28F5N5O3S. The van der Waals surface area contributed by atoms with E-state index in [0.717, 1.165) is 0 Å². The summed E-state index contributed by atoms with van der Waals surface area (Å²) in [6.45, 7) is 0.902. The van der Waals surface area contributed by atoms with Crippen LogP contribution in [0, 0.1) is 11.8 Å². The molecule has 224 valence electrons. The monoisotopic (exact) mass is 609 g/mol. The smallest absolute Gasteiger partial charge is 0.475 e. The highest BCUT2D eigenvalue weighted by Crippen LogP contribution is 2.54. The van der Waals surface area contributed by atoms with Gasteiger partial charge in [0.1, 0.15) is 23.3 Å². The standard InChI is InChI=1S/C28H28F5N5O3S/c1-34-26(39)16-6-7-20(22(13-16)40-3)35-11-4-5-17-14-38-23(36-19-10-12-37(2)15-18(19)29)9-8-21-24(38)25(17)42-28(32,33)27(30,31)41-21/h6-9,13-14,18-19,35-36H,10-12,15H2,1-3H3,(H,34,39)/t18-,19+/m0/s1. The summed E-state index contributed by atoms with van der Waals surface area (Å²) in [7, 11) is 4.76. The van der Waals surface area contributed by atoms with Crippen LogP contribution in [0.1, 0.15) is 22.3 Å². The van der Waals surface area contributed by atoms with Crippen molar-refractivity contribution in [1.82, 2.24) is 14.6 Å². The first kappa shape index (κ1) is 29.7. The number of halogens is 5. The molecule has 0 saturated carbocycles.